The molecule has 0 spiro atoms. The van der Waals surface area contributed by atoms with Crippen LogP contribution < -0.4 is 0 Å². The molecule has 0 saturated carbocycles. The average Bonchev–Trinajstić information content (AvgIpc) is 3.01. The fraction of sp³-hybridized carbons (Fsp3) is 0. The van der Waals surface area contributed by atoms with E-state index in [1.807, 2.05) is 35.0 Å². The van der Waals surface area contributed by atoms with Gasteiger partial charge in [0, 0.05) is 16.9 Å². The van der Waals surface area contributed by atoms with Gasteiger partial charge in [0.1, 0.15) is 0 Å². The van der Waals surface area contributed by atoms with Crippen LogP contribution in [-0.4, -0.2) is 21.9 Å². The number of halogens is 1. The van der Waals surface area contributed by atoms with Gasteiger partial charge in [0.05, 0.1) is 23.2 Å². The Bertz CT molecular complexity index is 867. The lowest BCUT2D eigenvalue weighted by Gasteiger charge is -2.06. The van der Waals surface area contributed by atoms with Crippen LogP contribution in [0.15, 0.2) is 71.9 Å². The molecule has 0 saturated heterocycles. The normalized spacial score (nSPS) is 11.0. The van der Waals surface area contributed by atoms with E-state index in [9.17, 15) is 4.79 Å². The Kier molecular flexibility index (Phi) is 4.26. The molecule has 0 aliphatic rings. The first kappa shape index (κ1) is 15.1. The third kappa shape index (κ3) is 3.49. The van der Waals surface area contributed by atoms with Crippen LogP contribution in [0.25, 0.3) is 5.69 Å². The zero-order valence-electron chi connectivity index (χ0n) is 12.1. The molecule has 5 heteroatoms. The smallest absolute Gasteiger partial charge is 0.335 e. The first-order valence-electron chi connectivity index (χ1n) is 6.94. The van der Waals surface area contributed by atoms with E-state index >= 15 is 0 Å². The van der Waals surface area contributed by atoms with Crippen LogP contribution in [0.1, 0.15) is 16.1 Å². The standard InChI is InChI=1S/C18H13ClN2O2/c19-14-3-1-4-15(11-14)20-12-17-5-2-10-21(17)16-8-6-13(7-9-16)18(22)23/h1-12H,(H,22,23). The second kappa shape index (κ2) is 6.50. The second-order valence-electron chi connectivity index (χ2n) is 4.89. The molecule has 4 nitrogen and oxygen atoms in total. The Hall–Kier alpha value is -2.85. The number of carboxylic acid groups (broad SMARTS) is 1. The van der Waals surface area contributed by atoms with Gasteiger partial charge in [0.25, 0.3) is 0 Å². The Labute approximate surface area is 138 Å². The van der Waals surface area contributed by atoms with Gasteiger partial charge < -0.3 is 9.67 Å². The summed E-state index contributed by atoms with van der Waals surface area (Å²) in [6.45, 7) is 0. The van der Waals surface area contributed by atoms with Crippen LogP contribution in [0.2, 0.25) is 5.02 Å². The third-order valence-corrected chi connectivity index (χ3v) is 3.56. The molecule has 0 aliphatic heterocycles. The summed E-state index contributed by atoms with van der Waals surface area (Å²) >= 11 is 5.95. The van der Waals surface area contributed by atoms with Crippen LogP contribution in [0.4, 0.5) is 5.69 Å². The number of carboxylic acids is 1. The molecule has 0 fully saturated rings. The van der Waals surface area contributed by atoms with Crippen molar-refractivity contribution in [3.05, 3.63) is 83.1 Å². The van der Waals surface area contributed by atoms with Crippen LogP contribution in [0.5, 0.6) is 0 Å². The average molecular weight is 325 g/mol. The molecule has 0 unspecified atom stereocenters. The first-order valence-corrected chi connectivity index (χ1v) is 7.32. The highest BCUT2D eigenvalue weighted by atomic mass is 35.5. The van der Waals surface area contributed by atoms with Crippen molar-refractivity contribution in [3.63, 3.8) is 0 Å². The summed E-state index contributed by atoms with van der Waals surface area (Å²) in [5, 5.41) is 9.59. The lowest BCUT2D eigenvalue weighted by molar-refractivity contribution is 0.0697. The number of carbonyl (C=O) groups is 1. The van der Waals surface area contributed by atoms with E-state index in [2.05, 4.69) is 4.99 Å². The summed E-state index contributed by atoms with van der Waals surface area (Å²) in [5.74, 6) is -0.938. The SMILES string of the molecule is O=C(O)c1ccc(-n2cccc2C=Nc2cccc(Cl)c2)cc1. The van der Waals surface area contributed by atoms with E-state index < -0.39 is 5.97 Å². The van der Waals surface area contributed by atoms with Gasteiger partial charge in [0.2, 0.25) is 0 Å². The maximum Gasteiger partial charge on any atom is 0.335 e. The van der Waals surface area contributed by atoms with Crippen LogP contribution >= 0.6 is 11.6 Å². The first-order chi connectivity index (χ1) is 11.1. The van der Waals surface area contributed by atoms with Crippen molar-refractivity contribution < 1.29 is 9.90 Å². The van der Waals surface area contributed by atoms with Crippen LogP contribution in [-0.2, 0) is 0 Å². The summed E-state index contributed by atoms with van der Waals surface area (Å²) in [5.41, 5.74) is 2.78. The van der Waals surface area contributed by atoms with Gasteiger partial charge in [-0.05, 0) is 54.6 Å². The lowest BCUT2D eigenvalue weighted by Crippen LogP contribution is -2.00. The molecule has 0 atom stereocenters. The molecular weight excluding hydrogens is 312 g/mol. The highest BCUT2D eigenvalue weighted by molar-refractivity contribution is 6.30. The Balaban J connectivity index is 1.89. The highest BCUT2D eigenvalue weighted by Crippen LogP contribution is 2.18. The molecule has 3 rings (SSSR count). The number of aromatic carboxylic acids is 1. The zero-order chi connectivity index (χ0) is 16.2. The summed E-state index contributed by atoms with van der Waals surface area (Å²) in [4.78, 5) is 15.3. The highest BCUT2D eigenvalue weighted by Gasteiger charge is 2.04. The van der Waals surface area contributed by atoms with Crippen molar-refractivity contribution in [2.75, 3.05) is 0 Å². The van der Waals surface area contributed by atoms with E-state index in [1.54, 1.807) is 42.6 Å². The van der Waals surface area contributed by atoms with E-state index in [0.29, 0.717) is 5.02 Å². The molecule has 0 bridgehead atoms. The maximum absolute atomic E-state index is 10.9. The summed E-state index contributed by atoms with van der Waals surface area (Å²) in [7, 11) is 0. The van der Waals surface area contributed by atoms with Crippen molar-refractivity contribution in [2.45, 2.75) is 0 Å². The fourth-order valence-electron chi connectivity index (χ4n) is 2.20. The second-order valence-corrected chi connectivity index (χ2v) is 5.33. The minimum Gasteiger partial charge on any atom is -0.478 e. The number of rotatable bonds is 4. The molecule has 0 aliphatic carbocycles. The van der Waals surface area contributed by atoms with Gasteiger partial charge in [-0.25, -0.2) is 4.79 Å². The van der Waals surface area contributed by atoms with E-state index in [4.69, 9.17) is 16.7 Å². The summed E-state index contributed by atoms with van der Waals surface area (Å²) in [6.07, 6.45) is 3.64. The minimum atomic E-state index is -0.938. The van der Waals surface area contributed by atoms with E-state index in [-0.39, 0.29) is 5.56 Å². The lowest BCUT2D eigenvalue weighted by atomic mass is 10.2. The molecule has 0 radical (unpaired) electrons. The van der Waals surface area contributed by atoms with Crippen molar-refractivity contribution in [2.24, 2.45) is 4.99 Å². The molecule has 1 aromatic heterocycles. The number of aromatic nitrogens is 1. The largest absolute Gasteiger partial charge is 0.478 e. The van der Waals surface area contributed by atoms with Crippen molar-refractivity contribution in [3.8, 4) is 5.69 Å². The minimum absolute atomic E-state index is 0.259. The molecule has 1 heterocycles. The Morgan fingerprint density at radius 2 is 1.87 bits per heavy atom. The van der Waals surface area contributed by atoms with Crippen LogP contribution in [0, 0.1) is 0 Å². The Morgan fingerprint density at radius 3 is 2.57 bits per heavy atom. The maximum atomic E-state index is 10.9. The third-order valence-electron chi connectivity index (χ3n) is 3.33. The molecule has 0 amide bonds. The van der Waals surface area contributed by atoms with Gasteiger partial charge in [-0.3, -0.25) is 4.99 Å². The number of hydrogen-bond donors (Lipinski definition) is 1. The van der Waals surface area contributed by atoms with Crippen molar-refractivity contribution in [1.82, 2.24) is 4.57 Å². The van der Waals surface area contributed by atoms with Gasteiger partial charge in [-0.15, -0.1) is 0 Å². The molecular formula is C18H13ClN2O2. The van der Waals surface area contributed by atoms with Gasteiger partial charge in [0.15, 0.2) is 0 Å². The zero-order valence-corrected chi connectivity index (χ0v) is 12.8. The van der Waals surface area contributed by atoms with Gasteiger partial charge in [-0.1, -0.05) is 17.7 Å². The summed E-state index contributed by atoms with van der Waals surface area (Å²) in [6, 6.07) is 17.8. The number of hydrogen-bond acceptors (Lipinski definition) is 2. The Morgan fingerprint density at radius 1 is 1.09 bits per heavy atom. The number of aliphatic imine (C=N–C) groups is 1. The molecule has 2 aromatic carbocycles. The number of benzene rings is 2. The van der Waals surface area contributed by atoms with E-state index in [0.717, 1.165) is 17.1 Å². The van der Waals surface area contributed by atoms with E-state index in [1.165, 1.54) is 0 Å². The molecule has 3 aromatic rings. The molecule has 23 heavy (non-hydrogen) atoms. The molecule has 114 valence electrons. The number of nitrogens with zero attached hydrogens (tertiary/aromatic N) is 2. The van der Waals surface area contributed by atoms with Gasteiger partial charge >= 0.3 is 5.97 Å². The quantitative estimate of drug-likeness (QED) is 0.714. The summed E-state index contributed by atoms with van der Waals surface area (Å²) < 4.78 is 1.93. The predicted molar refractivity (Wildman–Crippen MR) is 91.4 cm³/mol. The van der Waals surface area contributed by atoms with Crippen LogP contribution in [0.3, 0.4) is 0 Å². The van der Waals surface area contributed by atoms with Crippen molar-refractivity contribution >= 4 is 29.5 Å². The predicted octanol–water partition coefficient (Wildman–Crippen LogP) is 4.58. The van der Waals surface area contributed by atoms with Crippen molar-refractivity contribution in [1.29, 1.82) is 0 Å². The molecule has 1 N–H and O–H groups in total. The van der Waals surface area contributed by atoms with Gasteiger partial charge in [-0.2, -0.15) is 0 Å². The fourth-order valence-corrected chi connectivity index (χ4v) is 2.38. The topological polar surface area (TPSA) is 54.6 Å². The monoisotopic (exact) mass is 324 g/mol.